The summed E-state index contributed by atoms with van der Waals surface area (Å²) in [6, 6.07) is 0. The fourth-order valence-electron chi connectivity index (χ4n) is 2.04. The van der Waals surface area contributed by atoms with Crippen LogP contribution in [0.15, 0.2) is 0 Å². The molecule has 2 nitrogen and oxygen atoms in total. The number of fused-ring (bicyclic) bond motifs is 1. The Morgan fingerprint density at radius 1 is 1.57 bits per heavy atom. The second-order valence-corrected chi connectivity index (χ2v) is 5.27. The largest absolute Gasteiger partial charge is 0.330 e. The summed E-state index contributed by atoms with van der Waals surface area (Å²) < 4.78 is 0. The van der Waals surface area contributed by atoms with E-state index in [4.69, 9.17) is 10.7 Å². The lowest BCUT2D eigenvalue weighted by Crippen LogP contribution is -2.05. The molecule has 0 bridgehead atoms. The van der Waals surface area contributed by atoms with Gasteiger partial charge in [-0.2, -0.15) is 0 Å². The molecule has 0 radical (unpaired) electrons. The number of hydrogen-bond acceptors (Lipinski definition) is 3. The number of hydrogen-bond donors (Lipinski definition) is 1. The van der Waals surface area contributed by atoms with Gasteiger partial charge >= 0.3 is 0 Å². The molecule has 14 heavy (non-hydrogen) atoms. The highest BCUT2D eigenvalue weighted by molar-refractivity contribution is 7.11. The Morgan fingerprint density at radius 3 is 3.14 bits per heavy atom. The van der Waals surface area contributed by atoms with Crippen LogP contribution in [0, 0.1) is 0 Å². The van der Waals surface area contributed by atoms with Gasteiger partial charge in [0.15, 0.2) is 0 Å². The first-order valence-electron chi connectivity index (χ1n) is 5.50. The molecule has 1 aromatic rings. The zero-order valence-electron chi connectivity index (χ0n) is 8.75. The van der Waals surface area contributed by atoms with Crippen molar-refractivity contribution in [3.05, 3.63) is 15.6 Å². The lowest BCUT2D eigenvalue weighted by Gasteiger charge is -2.15. The van der Waals surface area contributed by atoms with Crippen molar-refractivity contribution < 1.29 is 0 Å². The summed E-state index contributed by atoms with van der Waals surface area (Å²) in [6.07, 6.45) is 6.04. The highest BCUT2D eigenvalue weighted by Crippen LogP contribution is 2.34. The minimum atomic E-state index is 0.682. The van der Waals surface area contributed by atoms with E-state index in [9.17, 15) is 0 Å². The molecule has 0 aromatic carbocycles. The molecule has 1 aliphatic carbocycles. The van der Waals surface area contributed by atoms with Crippen LogP contribution in [-0.2, 0) is 12.8 Å². The molecule has 2 rings (SSSR count). The summed E-state index contributed by atoms with van der Waals surface area (Å²) in [5, 5.41) is 1.30. The second kappa shape index (κ2) is 4.41. The first-order valence-corrected chi connectivity index (χ1v) is 6.31. The highest BCUT2D eigenvalue weighted by Gasteiger charge is 2.20. The number of nitrogens with zero attached hydrogens (tertiary/aromatic N) is 1. The molecule has 1 aromatic heterocycles. The Bertz CT molecular complexity index is 306. The Morgan fingerprint density at radius 2 is 2.43 bits per heavy atom. The maximum Gasteiger partial charge on any atom is 0.0931 e. The summed E-state index contributed by atoms with van der Waals surface area (Å²) in [5.74, 6) is 0.682. The number of aromatic nitrogens is 1. The summed E-state index contributed by atoms with van der Waals surface area (Å²) in [7, 11) is 0. The van der Waals surface area contributed by atoms with Gasteiger partial charge in [-0.3, -0.25) is 0 Å². The van der Waals surface area contributed by atoms with Gasteiger partial charge in [-0.15, -0.1) is 11.3 Å². The number of rotatable bonds is 3. The van der Waals surface area contributed by atoms with Crippen LogP contribution in [0.3, 0.4) is 0 Å². The van der Waals surface area contributed by atoms with E-state index in [0.717, 1.165) is 19.4 Å². The number of thiazole rings is 1. The lowest BCUT2D eigenvalue weighted by molar-refractivity contribution is 0.582. The van der Waals surface area contributed by atoms with Gasteiger partial charge in [0.05, 0.1) is 10.7 Å². The monoisotopic (exact) mass is 210 g/mol. The topological polar surface area (TPSA) is 38.9 Å². The van der Waals surface area contributed by atoms with Crippen molar-refractivity contribution in [1.29, 1.82) is 0 Å². The van der Waals surface area contributed by atoms with Gasteiger partial charge in [0.2, 0.25) is 0 Å². The third-order valence-electron chi connectivity index (χ3n) is 2.87. The van der Waals surface area contributed by atoms with Crippen molar-refractivity contribution in [1.82, 2.24) is 4.98 Å². The van der Waals surface area contributed by atoms with Crippen molar-refractivity contribution in [2.45, 2.75) is 44.9 Å². The molecule has 3 heteroatoms. The van der Waals surface area contributed by atoms with E-state index in [1.54, 1.807) is 0 Å². The molecule has 78 valence electrons. The third kappa shape index (κ3) is 1.98. The second-order valence-electron chi connectivity index (χ2n) is 4.10. The van der Waals surface area contributed by atoms with E-state index in [-0.39, 0.29) is 0 Å². The fraction of sp³-hybridized carbons (Fsp3) is 0.727. The summed E-state index contributed by atoms with van der Waals surface area (Å²) in [5.41, 5.74) is 6.89. The Balaban J connectivity index is 2.13. The van der Waals surface area contributed by atoms with Crippen LogP contribution in [0.2, 0.25) is 0 Å². The lowest BCUT2D eigenvalue weighted by atomic mass is 9.93. The molecule has 1 atom stereocenters. The molecule has 1 aliphatic rings. The average molecular weight is 210 g/mol. The van der Waals surface area contributed by atoms with Gasteiger partial charge < -0.3 is 5.73 Å². The van der Waals surface area contributed by atoms with Crippen LogP contribution in [0.5, 0.6) is 0 Å². The zero-order valence-corrected chi connectivity index (χ0v) is 9.57. The first kappa shape index (κ1) is 10.1. The molecule has 0 saturated heterocycles. The van der Waals surface area contributed by atoms with Gasteiger partial charge in [-0.05, 0) is 38.1 Å². The van der Waals surface area contributed by atoms with E-state index < -0.39 is 0 Å². The SMILES string of the molecule is CC1CCCc2sc(CCCN)nc21. The molecule has 2 N–H and O–H groups in total. The quantitative estimate of drug-likeness (QED) is 0.832. The molecule has 0 saturated carbocycles. The van der Waals surface area contributed by atoms with Gasteiger partial charge in [0, 0.05) is 11.3 Å². The van der Waals surface area contributed by atoms with Crippen molar-refractivity contribution >= 4 is 11.3 Å². The standard InChI is InChI=1S/C11H18N2S/c1-8-4-2-5-9-11(8)13-10(14-9)6-3-7-12/h8H,2-7,12H2,1H3. The van der Waals surface area contributed by atoms with Crippen LogP contribution in [0.25, 0.3) is 0 Å². The molecular weight excluding hydrogens is 192 g/mol. The van der Waals surface area contributed by atoms with Crippen molar-refractivity contribution in [3.63, 3.8) is 0 Å². The van der Waals surface area contributed by atoms with Crippen LogP contribution < -0.4 is 5.73 Å². The molecule has 1 unspecified atom stereocenters. The van der Waals surface area contributed by atoms with E-state index in [1.165, 1.54) is 34.8 Å². The van der Waals surface area contributed by atoms with Gasteiger partial charge in [0.1, 0.15) is 0 Å². The van der Waals surface area contributed by atoms with Crippen LogP contribution in [0.1, 0.15) is 47.7 Å². The van der Waals surface area contributed by atoms with E-state index in [1.807, 2.05) is 11.3 Å². The number of aryl methyl sites for hydroxylation is 2. The fourth-order valence-corrected chi connectivity index (χ4v) is 3.32. The van der Waals surface area contributed by atoms with E-state index >= 15 is 0 Å². The van der Waals surface area contributed by atoms with Crippen molar-refractivity contribution in [2.24, 2.45) is 5.73 Å². The minimum Gasteiger partial charge on any atom is -0.330 e. The Hall–Kier alpha value is -0.410. The summed E-state index contributed by atoms with van der Waals surface area (Å²) in [4.78, 5) is 6.27. The van der Waals surface area contributed by atoms with Crippen LogP contribution in [0.4, 0.5) is 0 Å². The van der Waals surface area contributed by atoms with Crippen molar-refractivity contribution in [2.75, 3.05) is 6.54 Å². The first-order chi connectivity index (χ1) is 6.81. The summed E-state index contributed by atoms with van der Waals surface area (Å²) >= 11 is 1.91. The molecular formula is C11H18N2S. The average Bonchev–Trinajstić information content (AvgIpc) is 2.59. The van der Waals surface area contributed by atoms with Gasteiger partial charge in [-0.25, -0.2) is 4.98 Å². The minimum absolute atomic E-state index is 0.682. The van der Waals surface area contributed by atoms with E-state index in [0.29, 0.717) is 5.92 Å². The molecule has 0 fully saturated rings. The molecule has 1 heterocycles. The molecule has 0 amide bonds. The predicted molar refractivity (Wildman–Crippen MR) is 60.8 cm³/mol. The maximum absolute atomic E-state index is 5.50. The molecule has 0 spiro atoms. The summed E-state index contributed by atoms with van der Waals surface area (Å²) in [6.45, 7) is 3.07. The molecule has 0 aliphatic heterocycles. The van der Waals surface area contributed by atoms with Crippen LogP contribution in [-0.4, -0.2) is 11.5 Å². The van der Waals surface area contributed by atoms with Gasteiger partial charge in [0.25, 0.3) is 0 Å². The predicted octanol–water partition coefficient (Wildman–Crippen LogP) is 2.47. The van der Waals surface area contributed by atoms with E-state index in [2.05, 4.69) is 6.92 Å². The number of nitrogens with two attached hydrogens (primary N) is 1. The highest BCUT2D eigenvalue weighted by atomic mass is 32.1. The zero-order chi connectivity index (χ0) is 9.97. The van der Waals surface area contributed by atoms with Gasteiger partial charge in [-0.1, -0.05) is 6.92 Å². The normalized spacial score (nSPS) is 20.9. The third-order valence-corrected chi connectivity index (χ3v) is 4.07. The Labute approximate surface area is 89.5 Å². The maximum atomic E-state index is 5.50. The van der Waals surface area contributed by atoms with Crippen LogP contribution >= 0.6 is 11.3 Å². The Kier molecular flexibility index (Phi) is 3.19. The smallest absolute Gasteiger partial charge is 0.0931 e. The van der Waals surface area contributed by atoms with Crippen molar-refractivity contribution in [3.8, 4) is 0 Å².